The second kappa shape index (κ2) is 5.71. The summed E-state index contributed by atoms with van der Waals surface area (Å²) >= 11 is 0. The number of aryl methyl sites for hydroxylation is 1. The van der Waals surface area contributed by atoms with Gasteiger partial charge >= 0.3 is 5.97 Å². The predicted octanol–water partition coefficient (Wildman–Crippen LogP) is 0.282. The van der Waals surface area contributed by atoms with Gasteiger partial charge in [-0.15, -0.1) is 10.2 Å². The maximum atomic E-state index is 10.3. The normalized spacial score (nSPS) is 10.8. The number of aromatic nitrogens is 5. The van der Waals surface area contributed by atoms with E-state index in [2.05, 4.69) is 20.4 Å². The van der Waals surface area contributed by atoms with Crippen LogP contribution in [0, 0.1) is 0 Å². The topological polar surface area (TPSA) is 103 Å². The first-order valence-electron chi connectivity index (χ1n) is 5.36. The number of carboxylic acid groups (broad SMARTS) is 1. The molecule has 2 aromatic heterocycles. The Hall–Kier alpha value is -2.77. The van der Waals surface area contributed by atoms with Crippen LogP contribution in [0.3, 0.4) is 0 Å². The molecular formula is C11H11N5O3. The highest BCUT2D eigenvalue weighted by atomic mass is 16.5. The van der Waals surface area contributed by atoms with Gasteiger partial charge in [0.2, 0.25) is 5.82 Å². The molecule has 0 spiro atoms. The van der Waals surface area contributed by atoms with Gasteiger partial charge in [0.15, 0.2) is 6.61 Å². The third kappa shape index (κ3) is 3.87. The van der Waals surface area contributed by atoms with Crippen LogP contribution in [0.25, 0.3) is 6.08 Å². The van der Waals surface area contributed by atoms with Crippen LogP contribution in [0.15, 0.2) is 24.4 Å². The van der Waals surface area contributed by atoms with Crippen molar-refractivity contribution in [3.05, 3.63) is 35.9 Å². The maximum absolute atomic E-state index is 10.3. The van der Waals surface area contributed by atoms with Crippen molar-refractivity contribution in [3.63, 3.8) is 0 Å². The molecule has 0 saturated carbocycles. The van der Waals surface area contributed by atoms with E-state index < -0.39 is 5.97 Å². The summed E-state index contributed by atoms with van der Waals surface area (Å²) in [6.45, 7) is 0.194. The monoisotopic (exact) mass is 261 g/mol. The van der Waals surface area contributed by atoms with Crippen molar-refractivity contribution < 1.29 is 14.6 Å². The van der Waals surface area contributed by atoms with Crippen LogP contribution in [-0.4, -0.2) is 36.3 Å². The van der Waals surface area contributed by atoms with Crippen LogP contribution in [0.1, 0.15) is 11.5 Å². The highest BCUT2D eigenvalue weighted by molar-refractivity contribution is 5.84. The largest absolute Gasteiger partial charge is 0.484 e. The summed E-state index contributed by atoms with van der Waals surface area (Å²) < 4.78 is 5.40. The van der Waals surface area contributed by atoms with Gasteiger partial charge in [0.05, 0.1) is 18.9 Å². The Morgan fingerprint density at radius 2 is 2.37 bits per heavy atom. The Morgan fingerprint density at radius 1 is 1.53 bits per heavy atom. The van der Waals surface area contributed by atoms with Crippen LogP contribution in [-0.2, 0) is 18.4 Å². The molecule has 0 amide bonds. The number of carboxylic acids is 1. The molecule has 8 heteroatoms. The standard InChI is InChI=1S/C11H11N5O3/c1-16-14-10(13-15-16)7-19-9-4-2-8(12-6-9)3-5-11(17)18/h2-6H,7H2,1H3,(H,17,18)/b5-3+. The molecule has 19 heavy (non-hydrogen) atoms. The summed E-state index contributed by atoms with van der Waals surface area (Å²) in [5.41, 5.74) is 0.535. The number of ether oxygens (including phenoxy) is 1. The van der Waals surface area contributed by atoms with Gasteiger partial charge in [-0.05, 0) is 23.4 Å². The second-order valence-electron chi connectivity index (χ2n) is 3.57. The third-order valence-corrected chi connectivity index (χ3v) is 2.07. The van der Waals surface area contributed by atoms with Gasteiger partial charge in [0, 0.05) is 6.08 Å². The van der Waals surface area contributed by atoms with Crippen molar-refractivity contribution in [3.8, 4) is 5.75 Å². The van der Waals surface area contributed by atoms with Gasteiger partial charge in [-0.25, -0.2) is 4.79 Å². The Balaban J connectivity index is 1.93. The summed E-state index contributed by atoms with van der Waals surface area (Å²) in [7, 11) is 1.67. The molecule has 0 atom stereocenters. The molecule has 0 aliphatic rings. The molecule has 0 aromatic carbocycles. The van der Waals surface area contributed by atoms with Crippen molar-refractivity contribution in [1.82, 2.24) is 25.2 Å². The summed E-state index contributed by atoms with van der Waals surface area (Å²) in [6.07, 6.45) is 3.92. The van der Waals surface area contributed by atoms with Gasteiger partial charge in [-0.2, -0.15) is 4.80 Å². The fraction of sp³-hybridized carbons (Fsp3) is 0.182. The van der Waals surface area contributed by atoms with Crippen LogP contribution in [0.4, 0.5) is 0 Å². The zero-order valence-corrected chi connectivity index (χ0v) is 10.1. The minimum atomic E-state index is -1.02. The summed E-state index contributed by atoms with van der Waals surface area (Å²) in [5, 5.41) is 19.9. The molecule has 1 N–H and O–H groups in total. The number of nitrogens with zero attached hydrogens (tertiary/aromatic N) is 5. The van der Waals surface area contributed by atoms with Crippen molar-refractivity contribution in [2.24, 2.45) is 7.05 Å². The SMILES string of the molecule is Cn1nnc(COc2ccc(/C=C/C(=O)O)nc2)n1. The molecule has 0 aliphatic heterocycles. The first kappa shape index (κ1) is 12.7. The minimum Gasteiger partial charge on any atom is -0.484 e. The zero-order chi connectivity index (χ0) is 13.7. The number of carbonyl (C=O) groups is 1. The van der Waals surface area contributed by atoms with E-state index >= 15 is 0 Å². The number of hydrogen-bond donors (Lipinski definition) is 1. The molecule has 0 unspecified atom stereocenters. The molecule has 0 fully saturated rings. The number of pyridine rings is 1. The van der Waals surface area contributed by atoms with E-state index in [4.69, 9.17) is 9.84 Å². The molecule has 2 heterocycles. The lowest BCUT2D eigenvalue weighted by Crippen LogP contribution is -1.99. The van der Waals surface area contributed by atoms with Crippen molar-refractivity contribution in [1.29, 1.82) is 0 Å². The molecular weight excluding hydrogens is 250 g/mol. The van der Waals surface area contributed by atoms with E-state index in [1.807, 2.05) is 0 Å². The second-order valence-corrected chi connectivity index (χ2v) is 3.57. The molecule has 0 radical (unpaired) electrons. The molecule has 0 bridgehead atoms. The third-order valence-electron chi connectivity index (χ3n) is 2.07. The lowest BCUT2D eigenvalue weighted by Gasteiger charge is -2.02. The summed E-state index contributed by atoms with van der Waals surface area (Å²) in [6, 6.07) is 3.34. The molecule has 2 aromatic rings. The molecule has 8 nitrogen and oxygen atoms in total. The van der Waals surface area contributed by atoms with Gasteiger partial charge < -0.3 is 9.84 Å². The van der Waals surface area contributed by atoms with Gasteiger partial charge in [-0.1, -0.05) is 0 Å². The predicted molar refractivity (Wildman–Crippen MR) is 64.0 cm³/mol. The number of hydrogen-bond acceptors (Lipinski definition) is 6. The highest BCUT2D eigenvalue weighted by Gasteiger charge is 2.02. The fourth-order valence-corrected chi connectivity index (χ4v) is 1.26. The highest BCUT2D eigenvalue weighted by Crippen LogP contribution is 2.11. The zero-order valence-electron chi connectivity index (χ0n) is 10.1. The lowest BCUT2D eigenvalue weighted by atomic mass is 10.3. The van der Waals surface area contributed by atoms with Crippen molar-refractivity contribution in [2.75, 3.05) is 0 Å². The molecule has 2 rings (SSSR count). The number of rotatable bonds is 5. The van der Waals surface area contributed by atoms with E-state index in [1.165, 1.54) is 17.1 Å². The Kier molecular flexibility index (Phi) is 3.81. The summed E-state index contributed by atoms with van der Waals surface area (Å²) in [4.78, 5) is 15.7. The van der Waals surface area contributed by atoms with Gasteiger partial charge in [0.25, 0.3) is 0 Å². The van der Waals surface area contributed by atoms with E-state index in [0.717, 1.165) is 6.08 Å². The van der Waals surface area contributed by atoms with Gasteiger partial charge in [0.1, 0.15) is 5.75 Å². The smallest absolute Gasteiger partial charge is 0.328 e. The number of tetrazole rings is 1. The Labute approximate surface area is 108 Å². The van der Waals surface area contributed by atoms with Crippen LogP contribution in [0.5, 0.6) is 5.75 Å². The van der Waals surface area contributed by atoms with Crippen molar-refractivity contribution in [2.45, 2.75) is 6.61 Å². The number of aliphatic carboxylic acids is 1. The fourth-order valence-electron chi connectivity index (χ4n) is 1.26. The first-order chi connectivity index (χ1) is 9.13. The van der Waals surface area contributed by atoms with Crippen LogP contribution in [0.2, 0.25) is 0 Å². The minimum absolute atomic E-state index is 0.194. The Morgan fingerprint density at radius 3 is 2.95 bits per heavy atom. The van der Waals surface area contributed by atoms with Crippen LogP contribution < -0.4 is 4.74 Å². The average Bonchev–Trinajstić information content (AvgIpc) is 2.81. The van der Waals surface area contributed by atoms with E-state index in [9.17, 15) is 4.79 Å². The molecule has 98 valence electrons. The average molecular weight is 261 g/mol. The summed E-state index contributed by atoms with van der Waals surface area (Å²) in [5.74, 6) is -0.00636. The van der Waals surface area contributed by atoms with E-state index in [1.54, 1.807) is 19.2 Å². The first-order valence-corrected chi connectivity index (χ1v) is 5.36. The maximum Gasteiger partial charge on any atom is 0.328 e. The van der Waals surface area contributed by atoms with E-state index in [-0.39, 0.29) is 6.61 Å². The quantitative estimate of drug-likeness (QED) is 0.771. The van der Waals surface area contributed by atoms with Gasteiger partial charge in [-0.3, -0.25) is 4.98 Å². The lowest BCUT2D eigenvalue weighted by molar-refractivity contribution is -0.131. The molecule has 0 aliphatic carbocycles. The Bertz CT molecular complexity index is 591. The molecule has 0 saturated heterocycles. The van der Waals surface area contributed by atoms with Crippen molar-refractivity contribution >= 4 is 12.0 Å². The van der Waals surface area contributed by atoms with E-state index in [0.29, 0.717) is 17.3 Å². The van der Waals surface area contributed by atoms with Crippen LogP contribution >= 0.6 is 0 Å².